The average molecular weight is 348 g/mol. The fourth-order valence-electron chi connectivity index (χ4n) is 2.08. The number of amides is 1. The molecule has 0 aliphatic carbocycles. The third-order valence-electron chi connectivity index (χ3n) is 3.41. The molecule has 0 aliphatic rings. The number of hydrogen-bond donors (Lipinski definition) is 0. The van der Waals surface area contributed by atoms with Crippen LogP contribution in [0.1, 0.15) is 20.1 Å². The monoisotopic (exact) mass is 348 g/mol. The van der Waals surface area contributed by atoms with Crippen LogP contribution in [0, 0.1) is 24.0 Å². The second-order valence-electron chi connectivity index (χ2n) is 5.13. The molecule has 8 heteroatoms. The van der Waals surface area contributed by atoms with Crippen molar-refractivity contribution in [1.29, 1.82) is 0 Å². The van der Waals surface area contributed by atoms with Gasteiger partial charge in [-0.2, -0.15) is 0 Å². The van der Waals surface area contributed by atoms with Crippen LogP contribution in [0.5, 0.6) is 0 Å². The highest BCUT2D eigenvalue weighted by atomic mass is 32.1. The summed E-state index contributed by atoms with van der Waals surface area (Å²) in [4.78, 5) is 37.3. The van der Waals surface area contributed by atoms with E-state index in [1.165, 1.54) is 47.5 Å². The van der Waals surface area contributed by atoms with Gasteiger partial charge in [0.25, 0.3) is 11.6 Å². The topological polar surface area (TPSA) is 89.8 Å². The van der Waals surface area contributed by atoms with Gasteiger partial charge in [0.1, 0.15) is 0 Å². The van der Waals surface area contributed by atoms with Crippen LogP contribution in [0.2, 0.25) is 0 Å². The van der Waals surface area contributed by atoms with Crippen molar-refractivity contribution in [1.82, 2.24) is 0 Å². The van der Waals surface area contributed by atoms with Crippen LogP contribution in [-0.2, 0) is 9.53 Å². The minimum atomic E-state index is -0.540. The number of hydrogen-bond acceptors (Lipinski definition) is 6. The lowest BCUT2D eigenvalue weighted by atomic mass is 10.2. The first-order valence-corrected chi connectivity index (χ1v) is 7.86. The number of rotatable bonds is 5. The van der Waals surface area contributed by atoms with E-state index in [0.717, 1.165) is 9.75 Å². The Balaban J connectivity index is 1.97. The molecule has 1 aromatic heterocycles. The van der Waals surface area contributed by atoms with E-state index in [4.69, 9.17) is 4.74 Å². The van der Waals surface area contributed by atoms with Gasteiger partial charge in [-0.3, -0.25) is 14.9 Å². The Bertz CT molecular complexity index is 782. The second kappa shape index (κ2) is 7.22. The second-order valence-corrected chi connectivity index (χ2v) is 6.59. The molecule has 24 heavy (non-hydrogen) atoms. The first kappa shape index (κ1) is 17.6. The number of carbonyl (C=O) groups excluding carboxylic acids is 2. The van der Waals surface area contributed by atoms with Crippen molar-refractivity contribution in [2.75, 3.05) is 18.6 Å². The maximum absolute atomic E-state index is 12.1. The number of esters is 1. The summed E-state index contributed by atoms with van der Waals surface area (Å²) in [6.45, 7) is 3.31. The third-order valence-corrected chi connectivity index (χ3v) is 4.38. The van der Waals surface area contributed by atoms with Gasteiger partial charge in [-0.05, 0) is 32.0 Å². The van der Waals surface area contributed by atoms with E-state index in [9.17, 15) is 19.7 Å². The maximum Gasteiger partial charge on any atom is 0.339 e. The number of nitro groups is 1. The van der Waals surface area contributed by atoms with E-state index < -0.39 is 23.4 Å². The smallest absolute Gasteiger partial charge is 0.339 e. The number of thiophene rings is 1. The Morgan fingerprint density at radius 3 is 2.38 bits per heavy atom. The van der Waals surface area contributed by atoms with Gasteiger partial charge in [-0.15, -0.1) is 11.3 Å². The summed E-state index contributed by atoms with van der Waals surface area (Å²) in [5, 5.41) is 10.6. The highest BCUT2D eigenvalue weighted by Gasteiger charge is 2.18. The summed E-state index contributed by atoms with van der Waals surface area (Å²) in [6.07, 6.45) is 0. The molecule has 0 aliphatic heterocycles. The largest absolute Gasteiger partial charge is 0.452 e. The Kier molecular flexibility index (Phi) is 5.30. The minimum absolute atomic E-state index is 0.0608. The SMILES string of the molecule is Cc1cc(C(=O)OCC(=O)N(C)c2ccc([N+](=O)[O-])cc2)c(C)s1. The van der Waals surface area contributed by atoms with E-state index in [-0.39, 0.29) is 5.69 Å². The summed E-state index contributed by atoms with van der Waals surface area (Å²) >= 11 is 1.49. The third kappa shape index (κ3) is 3.96. The number of anilines is 1. The van der Waals surface area contributed by atoms with Crippen molar-refractivity contribution in [2.45, 2.75) is 13.8 Å². The number of nitro benzene ring substituents is 1. The zero-order valence-corrected chi connectivity index (χ0v) is 14.3. The van der Waals surface area contributed by atoms with Gasteiger partial charge >= 0.3 is 5.97 Å². The van der Waals surface area contributed by atoms with E-state index in [1.54, 1.807) is 6.07 Å². The van der Waals surface area contributed by atoms with Gasteiger partial charge < -0.3 is 9.64 Å². The number of nitrogens with zero attached hydrogens (tertiary/aromatic N) is 2. The lowest BCUT2D eigenvalue weighted by molar-refractivity contribution is -0.384. The Morgan fingerprint density at radius 2 is 1.88 bits per heavy atom. The molecule has 7 nitrogen and oxygen atoms in total. The van der Waals surface area contributed by atoms with E-state index in [0.29, 0.717) is 11.3 Å². The molecule has 0 bridgehead atoms. The van der Waals surface area contributed by atoms with Gasteiger partial charge in [0, 0.05) is 34.6 Å². The fraction of sp³-hybridized carbons (Fsp3) is 0.250. The molecule has 0 saturated heterocycles. The van der Waals surface area contributed by atoms with Crippen LogP contribution in [0.15, 0.2) is 30.3 Å². The van der Waals surface area contributed by atoms with Crippen LogP contribution < -0.4 is 4.90 Å². The molecule has 0 radical (unpaired) electrons. The van der Waals surface area contributed by atoms with Gasteiger partial charge in [-0.1, -0.05) is 0 Å². The van der Waals surface area contributed by atoms with E-state index in [1.807, 2.05) is 13.8 Å². The number of aryl methyl sites for hydroxylation is 2. The van der Waals surface area contributed by atoms with Crippen molar-refractivity contribution in [3.63, 3.8) is 0 Å². The molecule has 0 atom stereocenters. The lowest BCUT2D eigenvalue weighted by Gasteiger charge is -2.17. The molecule has 1 heterocycles. The molecule has 0 N–H and O–H groups in total. The summed E-state index contributed by atoms with van der Waals surface area (Å²) < 4.78 is 5.06. The predicted octanol–water partition coefficient (Wildman–Crippen LogP) is 3.09. The molecule has 0 saturated carbocycles. The lowest BCUT2D eigenvalue weighted by Crippen LogP contribution is -2.31. The zero-order valence-electron chi connectivity index (χ0n) is 13.4. The number of likely N-dealkylation sites (N-methyl/N-ethyl adjacent to an activating group) is 1. The van der Waals surface area contributed by atoms with Crippen LogP contribution in [-0.4, -0.2) is 30.5 Å². The molecule has 2 aromatic rings. The molecule has 0 spiro atoms. The summed E-state index contributed by atoms with van der Waals surface area (Å²) in [5.41, 5.74) is 0.877. The zero-order chi connectivity index (χ0) is 17.9. The van der Waals surface area contributed by atoms with Crippen LogP contribution in [0.3, 0.4) is 0 Å². The van der Waals surface area contributed by atoms with Crippen molar-refractivity contribution in [2.24, 2.45) is 0 Å². The normalized spacial score (nSPS) is 10.3. The Hall–Kier alpha value is -2.74. The van der Waals surface area contributed by atoms with Gasteiger partial charge in [-0.25, -0.2) is 4.79 Å². The summed E-state index contributed by atoms with van der Waals surface area (Å²) in [6, 6.07) is 7.27. The number of carbonyl (C=O) groups is 2. The molecular weight excluding hydrogens is 332 g/mol. The average Bonchev–Trinajstić information content (AvgIpc) is 2.90. The standard InChI is InChI=1S/C16H16N2O5S/c1-10-8-14(11(2)24-10)16(20)23-9-15(19)17(3)12-4-6-13(7-5-12)18(21)22/h4-8H,9H2,1-3H3. The van der Waals surface area contributed by atoms with E-state index in [2.05, 4.69) is 0 Å². The van der Waals surface area contributed by atoms with Gasteiger partial charge in [0.15, 0.2) is 6.61 Å². The van der Waals surface area contributed by atoms with Crippen molar-refractivity contribution in [3.05, 3.63) is 55.8 Å². The quantitative estimate of drug-likeness (QED) is 0.470. The molecule has 1 amide bonds. The summed E-state index contributed by atoms with van der Waals surface area (Å²) in [7, 11) is 1.51. The predicted molar refractivity (Wildman–Crippen MR) is 90.6 cm³/mol. The van der Waals surface area contributed by atoms with E-state index >= 15 is 0 Å². The first-order chi connectivity index (χ1) is 11.3. The molecular formula is C16H16N2O5S. The molecule has 0 fully saturated rings. The molecule has 2 rings (SSSR count). The van der Waals surface area contributed by atoms with Gasteiger partial charge in [0.2, 0.25) is 0 Å². The highest BCUT2D eigenvalue weighted by Crippen LogP contribution is 2.22. The Labute approximate surface area is 142 Å². The highest BCUT2D eigenvalue weighted by molar-refractivity contribution is 7.12. The molecule has 1 aromatic carbocycles. The molecule has 0 unspecified atom stereocenters. The van der Waals surface area contributed by atoms with Crippen LogP contribution >= 0.6 is 11.3 Å². The van der Waals surface area contributed by atoms with Gasteiger partial charge in [0.05, 0.1) is 10.5 Å². The first-order valence-electron chi connectivity index (χ1n) is 7.04. The van der Waals surface area contributed by atoms with Crippen molar-refractivity contribution >= 4 is 34.6 Å². The molecule has 126 valence electrons. The minimum Gasteiger partial charge on any atom is -0.452 e. The fourth-order valence-corrected chi connectivity index (χ4v) is 2.99. The Morgan fingerprint density at radius 1 is 1.25 bits per heavy atom. The summed E-state index contributed by atoms with van der Waals surface area (Å²) in [5.74, 6) is -0.968. The number of benzene rings is 1. The van der Waals surface area contributed by atoms with Crippen molar-refractivity contribution < 1.29 is 19.2 Å². The van der Waals surface area contributed by atoms with Crippen molar-refractivity contribution in [3.8, 4) is 0 Å². The van der Waals surface area contributed by atoms with Crippen LogP contribution in [0.4, 0.5) is 11.4 Å². The number of ether oxygens (including phenoxy) is 1. The van der Waals surface area contributed by atoms with Crippen LogP contribution in [0.25, 0.3) is 0 Å². The maximum atomic E-state index is 12.1. The number of non-ortho nitro benzene ring substituents is 1.